The van der Waals surface area contributed by atoms with Crippen LogP contribution >= 0.6 is 0 Å². The molecule has 0 radical (unpaired) electrons. The molecule has 10 heteroatoms. The Hall–Kier alpha value is -3.82. The second kappa shape index (κ2) is 8.05. The fraction of sp³-hybridized carbons (Fsp3) is 0.105. The van der Waals surface area contributed by atoms with Crippen LogP contribution in [-0.4, -0.2) is 28.5 Å². The zero-order valence-corrected chi connectivity index (χ0v) is 15.1. The fourth-order valence-electron chi connectivity index (χ4n) is 2.50. The summed E-state index contributed by atoms with van der Waals surface area (Å²) in [6.07, 6.45) is -0.0728. The highest BCUT2D eigenvalue weighted by Crippen LogP contribution is 2.39. The minimum Gasteiger partial charge on any atom is -0.455 e. The van der Waals surface area contributed by atoms with E-state index in [1.807, 2.05) is 0 Å². The van der Waals surface area contributed by atoms with Gasteiger partial charge in [-0.15, -0.1) is 0 Å². The van der Waals surface area contributed by atoms with Crippen molar-refractivity contribution in [2.75, 3.05) is 7.05 Å². The molecule has 1 heterocycles. The second-order valence-corrected chi connectivity index (χ2v) is 5.81. The second-order valence-electron chi connectivity index (χ2n) is 5.81. The third kappa shape index (κ3) is 4.54. The quantitative estimate of drug-likeness (QED) is 0.516. The summed E-state index contributed by atoms with van der Waals surface area (Å²) in [4.78, 5) is 19.6. The molecule has 0 saturated heterocycles. The number of nitrogens with zero attached hydrogens (tertiary/aromatic N) is 3. The van der Waals surface area contributed by atoms with Gasteiger partial charge in [-0.2, -0.15) is 13.2 Å². The summed E-state index contributed by atoms with van der Waals surface area (Å²) in [5.41, 5.74) is 4.56. The summed E-state index contributed by atoms with van der Waals surface area (Å²) in [6.45, 7) is 0. The average Bonchev–Trinajstić information content (AvgIpc) is 3.22. The Balaban J connectivity index is 2.00. The predicted octanol–water partition coefficient (Wildman–Crippen LogP) is 3.36. The van der Waals surface area contributed by atoms with Crippen molar-refractivity contribution in [3.63, 3.8) is 0 Å². The Morgan fingerprint density at radius 1 is 1.21 bits per heavy atom. The highest BCUT2D eigenvalue weighted by molar-refractivity contribution is 6.05. The van der Waals surface area contributed by atoms with Gasteiger partial charge in [0.15, 0.2) is 11.7 Å². The number of ether oxygens (including phenoxy) is 1. The monoisotopic (exact) mass is 403 g/mol. The molecule has 3 aromatic rings. The van der Waals surface area contributed by atoms with Gasteiger partial charge < -0.3 is 15.0 Å². The summed E-state index contributed by atoms with van der Waals surface area (Å²) in [5, 5.41) is 2.19. The van der Waals surface area contributed by atoms with Gasteiger partial charge in [-0.3, -0.25) is 15.1 Å². The summed E-state index contributed by atoms with van der Waals surface area (Å²) >= 11 is 0. The zero-order valence-electron chi connectivity index (χ0n) is 15.1. The molecule has 0 saturated carbocycles. The molecule has 0 spiro atoms. The largest absolute Gasteiger partial charge is 0.455 e. The number of carbonyl (C=O) groups excluding carboxylic acids is 1. The first-order valence-corrected chi connectivity index (χ1v) is 8.29. The number of nitrogens with two attached hydrogens (primary N) is 1. The summed E-state index contributed by atoms with van der Waals surface area (Å²) in [5.74, 6) is -1.28. The van der Waals surface area contributed by atoms with E-state index < -0.39 is 23.4 Å². The maximum atomic E-state index is 13.6. The van der Waals surface area contributed by atoms with Crippen molar-refractivity contribution in [3.05, 3.63) is 72.3 Å². The van der Waals surface area contributed by atoms with E-state index >= 15 is 0 Å². The van der Waals surface area contributed by atoms with Crippen LogP contribution in [0.15, 0.2) is 66.2 Å². The molecule has 0 aliphatic heterocycles. The first kappa shape index (κ1) is 19.9. The molecule has 2 aromatic carbocycles. The molecule has 3 rings (SSSR count). The van der Waals surface area contributed by atoms with E-state index in [0.29, 0.717) is 11.8 Å². The number of hydrogen-bond acceptors (Lipinski definition) is 4. The number of aliphatic imine (C=N–C) groups is 1. The highest BCUT2D eigenvalue weighted by Gasteiger charge is 2.35. The molecule has 150 valence electrons. The molecular weight excluding hydrogens is 387 g/mol. The number of aromatic nitrogens is 2. The first-order valence-electron chi connectivity index (χ1n) is 8.29. The number of imidazole rings is 1. The van der Waals surface area contributed by atoms with Crippen molar-refractivity contribution in [1.29, 1.82) is 0 Å². The van der Waals surface area contributed by atoms with Crippen LogP contribution in [0, 0.1) is 0 Å². The summed E-state index contributed by atoms with van der Waals surface area (Å²) in [6, 6.07) is 9.57. The number of alkyl halides is 3. The number of hydrogen-bond donors (Lipinski definition) is 2. The summed E-state index contributed by atoms with van der Waals surface area (Å²) < 4.78 is 48.1. The lowest BCUT2D eigenvalue weighted by atomic mass is 10.1. The van der Waals surface area contributed by atoms with Gasteiger partial charge in [-0.1, -0.05) is 12.1 Å². The Labute approximate surface area is 163 Å². The predicted molar refractivity (Wildman–Crippen MR) is 100 cm³/mol. The highest BCUT2D eigenvalue weighted by atomic mass is 19.4. The normalized spacial score (nSPS) is 11.9. The third-order valence-electron chi connectivity index (χ3n) is 3.90. The minimum absolute atomic E-state index is 0.190. The molecule has 1 amide bonds. The average molecular weight is 403 g/mol. The number of amides is 1. The van der Waals surface area contributed by atoms with E-state index in [1.165, 1.54) is 31.7 Å². The Morgan fingerprint density at radius 3 is 2.62 bits per heavy atom. The number of rotatable bonds is 4. The van der Waals surface area contributed by atoms with Gasteiger partial charge in [0.25, 0.3) is 5.91 Å². The number of nitrogens with one attached hydrogen (secondary N) is 1. The summed E-state index contributed by atoms with van der Waals surface area (Å²) in [7, 11) is 1.34. The molecule has 7 nitrogen and oxygen atoms in total. The number of carbonyl (C=O) groups is 1. The Bertz CT molecular complexity index is 1050. The van der Waals surface area contributed by atoms with Gasteiger partial charge in [-0.05, 0) is 30.3 Å². The smallest absolute Gasteiger partial charge is 0.420 e. The van der Waals surface area contributed by atoms with Crippen LogP contribution < -0.4 is 15.8 Å². The Morgan fingerprint density at radius 2 is 1.97 bits per heavy atom. The van der Waals surface area contributed by atoms with Crippen LogP contribution in [0.4, 0.5) is 13.2 Å². The molecule has 0 unspecified atom stereocenters. The first-order chi connectivity index (χ1) is 13.8. The van der Waals surface area contributed by atoms with E-state index in [0.717, 1.165) is 6.07 Å². The molecule has 0 aliphatic carbocycles. The van der Waals surface area contributed by atoms with Crippen molar-refractivity contribution in [1.82, 2.24) is 14.9 Å². The number of para-hydroxylation sites is 2. The SMILES string of the molecule is CN=C(N)NC(=O)c1ccc(Oc2ccccc2-n2ccnc2)c(C(F)(F)F)c1. The van der Waals surface area contributed by atoms with E-state index in [1.54, 1.807) is 29.0 Å². The lowest BCUT2D eigenvalue weighted by Gasteiger charge is -2.17. The molecule has 0 atom stereocenters. The van der Waals surface area contributed by atoms with Crippen LogP contribution in [0.2, 0.25) is 0 Å². The van der Waals surface area contributed by atoms with Gasteiger partial charge in [0, 0.05) is 25.0 Å². The number of halogens is 3. The maximum absolute atomic E-state index is 13.6. The topological polar surface area (TPSA) is 94.5 Å². The van der Waals surface area contributed by atoms with Gasteiger partial charge in [0.2, 0.25) is 0 Å². The van der Waals surface area contributed by atoms with Crippen LogP contribution in [-0.2, 0) is 6.18 Å². The van der Waals surface area contributed by atoms with Crippen molar-refractivity contribution >= 4 is 11.9 Å². The van der Waals surface area contributed by atoms with Gasteiger partial charge in [0.05, 0.1) is 17.6 Å². The molecule has 29 heavy (non-hydrogen) atoms. The molecule has 1 aromatic heterocycles. The number of guanidine groups is 1. The minimum atomic E-state index is -4.75. The van der Waals surface area contributed by atoms with Crippen molar-refractivity contribution in [3.8, 4) is 17.2 Å². The maximum Gasteiger partial charge on any atom is 0.420 e. The third-order valence-corrected chi connectivity index (χ3v) is 3.90. The van der Waals surface area contributed by atoms with E-state index in [-0.39, 0.29) is 17.3 Å². The van der Waals surface area contributed by atoms with Crippen LogP contribution in [0.25, 0.3) is 5.69 Å². The van der Waals surface area contributed by atoms with E-state index in [9.17, 15) is 18.0 Å². The standard InChI is InChI=1S/C19H16F3N5O2/c1-24-18(23)26-17(28)12-6-7-15(13(10-12)19(20,21)22)29-16-5-3-2-4-14(16)27-9-8-25-11-27/h2-11H,1H3,(H3,23,24,26,28). The number of benzene rings is 2. The molecule has 3 N–H and O–H groups in total. The molecule has 0 fully saturated rings. The van der Waals surface area contributed by atoms with Crippen molar-refractivity contribution < 1.29 is 22.7 Å². The molecule has 0 aliphatic rings. The van der Waals surface area contributed by atoms with Crippen LogP contribution in [0.5, 0.6) is 11.5 Å². The molecular formula is C19H16F3N5O2. The Kier molecular flexibility index (Phi) is 5.53. The van der Waals surface area contributed by atoms with Crippen molar-refractivity contribution in [2.45, 2.75) is 6.18 Å². The lowest BCUT2D eigenvalue weighted by molar-refractivity contribution is -0.138. The van der Waals surface area contributed by atoms with Crippen molar-refractivity contribution in [2.24, 2.45) is 10.7 Å². The van der Waals surface area contributed by atoms with E-state index in [2.05, 4.69) is 15.3 Å². The zero-order chi connectivity index (χ0) is 21.0. The van der Waals surface area contributed by atoms with E-state index in [4.69, 9.17) is 10.5 Å². The molecule has 0 bridgehead atoms. The van der Waals surface area contributed by atoms with Crippen LogP contribution in [0.1, 0.15) is 15.9 Å². The van der Waals surface area contributed by atoms with Gasteiger partial charge in [-0.25, -0.2) is 4.98 Å². The van der Waals surface area contributed by atoms with Crippen LogP contribution in [0.3, 0.4) is 0 Å². The van der Waals surface area contributed by atoms with Gasteiger partial charge >= 0.3 is 6.18 Å². The fourth-order valence-corrected chi connectivity index (χ4v) is 2.50. The van der Waals surface area contributed by atoms with Gasteiger partial charge in [0.1, 0.15) is 5.75 Å². The lowest BCUT2D eigenvalue weighted by Crippen LogP contribution is -2.36.